The number of hydrogen-bond acceptors (Lipinski definition) is 4. The summed E-state index contributed by atoms with van der Waals surface area (Å²) >= 11 is 0. The number of fused-ring (bicyclic) bond motifs is 2. The molecule has 1 saturated heterocycles. The lowest BCUT2D eigenvalue weighted by molar-refractivity contribution is -0.0613. The molecule has 1 aliphatic carbocycles. The molecule has 106 valence electrons. The van der Waals surface area contributed by atoms with E-state index in [0.717, 1.165) is 43.8 Å². The van der Waals surface area contributed by atoms with Crippen LogP contribution in [-0.4, -0.2) is 38.4 Å². The molecule has 2 fully saturated rings. The Morgan fingerprint density at radius 1 is 1.25 bits per heavy atom. The second-order valence-corrected chi connectivity index (χ2v) is 6.16. The van der Waals surface area contributed by atoms with Crippen LogP contribution in [0.15, 0.2) is 24.5 Å². The first-order valence-corrected chi connectivity index (χ1v) is 7.52. The third kappa shape index (κ3) is 1.88. The highest BCUT2D eigenvalue weighted by molar-refractivity contribution is 5.47. The number of aromatic nitrogens is 3. The molecule has 5 nitrogen and oxygen atoms in total. The minimum Gasteiger partial charge on any atom is -0.389 e. The summed E-state index contributed by atoms with van der Waals surface area (Å²) in [6, 6.07) is 3.94. The van der Waals surface area contributed by atoms with Crippen LogP contribution in [0.1, 0.15) is 32.1 Å². The number of hydrogen-bond donors (Lipinski definition) is 1. The van der Waals surface area contributed by atoms with E-state index in [-0.39, 0.29) is 0 Å². The molecule has 3 heterocycles. The second kappa shape index (κ2) is 4.45. The van der Waals surface area contributed by atoms with E-state index in [4.69, 9.17) is 0 Å². The standard InChI is InChI=1S/C15H20N4O/c20-15-6-2-1-3-12(15)11-18(10-7-15)13-5-9-19-14(17-13)4-8-16-19/h4-5,8-9,12,20H,1-3,6-7,10-11H2. The molecule has 2 aromatic rings. The van der Waals surface area contributed by atoms with Crippen molar-refractivity contribution in [3.63, 3.8) is 0 Å². The molecule has 0 radical (unpaired) electrons. The summed E-state index contributed by atoms with van der Waals surface area (Å²) in [5, 5.41) is 14.9. The zero-order valence-corrected chi connectivity index (χ0v) is 11.6. The average Bonchev–Trinajstić information content (AvgIpc) is 2.93. The first-order chi connectivity index (χ1) is 9.74. The predicted octanol–water partition coefficient (Wildman–Crippen LogP) is 1.86. The Balaban J connectivity index is 1.60. The molecule has 0 amide bonds. The first kappa shape index (κ1) is 12.1. The fraction of sp³-hybridized carbons (Fsp3) is 0.600. The van der Waals surface area contributed by atoms with Crippen molar-refractivity contribution in [1.82, 2.24) is 14.6 Å². The van der Waals surface area contributed by atoms with E-state index in [0.29, 0.717) is 5.92 Å². The number of rotatable bonds is 1. The molecule has 20 heavy (non-hydrogen) atoms. The van der Waals surface area contributed by atoms with Gasteiger partial charge in [0.25, 0.3) is 0 Å². The number of anilines is 1. The zero-order valence-electron chi connectivity index (χ0n) is 11.6. The number of aliphatic hydroxyl groups is 1. The lowest BCUT2D eigenvalue weighted by Crippen LogP contribution is -2.53. The fourth-order valence-electron chi connectivity index (χ4n) is 3.76. The van der Waals surface area contributed by atoms with Gasteiger partial charge in [-0.25, -0.2) is 9.50 Å². The van der Waals surface area contributed by atoms with Crippen molar-refractivity contribution < 1.29 is 5.11 Å². The molecule has 2 aliphatic rings. The Morgan fingerprint density at radius 3 is 3.15 bits per heavy atom. The van der Waals surface area contributed by atoms with Crippen LogP contribution in [0.5, 0.6) is 0 Å². The largest absolute Gasteiger partial charge is 0.389 e. The van der Waals surface area contributed by atoms with Gasteiger partial charge in [-0.3, -0.25) is 0 Å². The molecular weight excluding hydrogens is 252 g/mol. The topological polar surface area (TPSA) is 53.7 Å². The van der Waals surface area contributed by atoms with Gasteiger partial charge >= 0.3 is 0 Å². The lowest BCUT2D eigenvalue weighted by atomic mass is 9.71. The van der Waals surface area contributed by atoms with E-state index < -0.39 is 5.60 Å². The minimum atomic E-state index is -0.421. The van der Waals surface area contributed by atoms with Crippen molar-refractivity contribution in [1.29, 1.82) is 0 Å². The third-order valence-corrected chi connectivity index (χ3v) is 4.99. The molecule has 2 atom stereocenters. The van der Waals surface area contributed by atoms with Gasteiger partial charge in [0.2, 0.25) is 0 Å². The van der Waals surface area contributed by atoms with Crippen molar-refractivity contribution in [2.45, 2.75) is 37.7 Å². The molecule has 2 unspecified atom stereocenters. The molecule has 0 spiro atoms. The Bertz CT molecular complexity index is 625. The molecule has 1 saturated carbocycles. The Hall–Kier alpha value is -1.62. The van der Waals surface area contributed by atoms with Gasteiger partial charge in [0.05, 0.1) is 11.8 Å². The van der Waals surface area contributed by atoms with Crippen LogP contribution in [0.4, 0.5) is 5.82 Å². The summed E-state index contributed by atoms with van der Waals surface area (Å²) in [5.74, 6) is 1.40. The molecule has 4 rings (SSSR count). The lowest BCUT2D eigenvalue weighted by Gasteiger charge is -2.47. The summed E-state index contributed by atoms with van der Waals surface area (Å²) in [5.41, 5.74) is 0.460. The van der Waals surface area contributed by atoms with E-state index in [1.165, 1.54) is 12.8 Å². The monoisotopic (exact) mass is 272 g/mol. The maximum absolute atomic E-state index is 10.7. The van der Waals surface area contributed by atoms with Gasteiger partial charge < -0.3 is 10.0 Å². The third-order valence-electron chi connectivity index (χ3n) is 4.99. The van der Waals surface area contributed by atoms with Crippen LogP contribution in [0.2, 0.25) is 0 Å². The number of nitrogens with zero attached hydrogens (tertiary/aromatic N) is 4. The van der Waals surface area contributed by atoms with E-state index in [2.05, 4.69) is 15.0 Å². The number of piperidine rings is 1. The van der Waals surface area contributed by atoms with E-state index in [1.54, 1.807) is 10.7 Å². The molecule has 2 aromatic heterocycles. The van der Waals surface area contributed by atoms with Gasteiger partial charge in [-0.05, 0) is 25.3 Å². The molecule has 0 bridgehead atoms. The predicted molar refractivity (Wildman–Crippen MR) is 76.7 cm³/mol. The molecular formula is C15H20N4O. The Morgan fingerprint density at radius 2 is 2.20 bits per heavy atom. The van der Waals surface area contributed by atoms with Gasteiger partial charge in [-0.2, -0.15) is 5.10 Å². The van der Waals surface area contributed by atoms with Crippen molar-refractivity contribution in [3.05, 3.63) is 24.5 Å². The van der Waals surface area contributed by atoms with Crippen molar-refractivity contribution in [2.75, 3.05) is 18.0 Å². The SMILES string of the molecule is OC12CCCCC1CN(c1ccn3nccc3n1)CC2. The van der Waals surface area contributed by atoms with Crippen molar-refractivity contribution >= 4 is 11.5 Å². The first-order valence-electron chi connectivity index (χ1n) is 7.52. The summed E-state index contributed by atoms with van der Waals surface area (Å²) in [4.78, 5) is 6.98. The van der Waals surface area contributed by atoms with Crippen molar-refractivity contribution in [3.8, 4) is 0 Å². The van der Waals surface area contributed by atoms with Crippen LogP contribution in [-0.2, 0) is 0 Å². The maximum Gasteiger partial charge on any atom is 0.157 e. The normalized spacial score (nSPS) is 30.4. The molecule has 1 N–H and O–H groups in total. The van der Waals surface area contributed by atoms with Crippen LogP contribution in [0, 0.1) is 5.92 Å². The van der Waals surface area contributed by atoms with E-state index in [1.807, 2.05) is 18.3 Å². The summed E-state index contributed by atoms with van der Waals surface area (Å²) in [6.07, 6.45) is 9.12. The Kier molecular flexibility index (Phi) is 2.70. The molecule has 0 aromatic carbocycles. The van der Waals surface area contributed by atoms with Crippen molar-refractivity contribution in [2.24, 2.45) is 5.92 Å². The smallest absolute Gasteiger partial charge is 0.157 e. The highest BCUT2D eigenvalue weighted by atomic mass is 16.3. The van der Waals surface area contributed by atoms with Gasteiger partial charge in [0.15, 0.2) is 5.65 Å². The highest BCUT2D eigenvalue weighted by Gasteiger charge is 2.42. The van der Waals surface area contributed by atoms with Crippen LogP contribution < -0.4 is 4.90 Å². The van der Waals surface area contributed by atoms with Crippen LogP contribution in [0.3, 0.4) is 0 Å². The average molecular weight is 272 g/mol. The maximum atomic E-state index is 10.7. The quantitative estimate of drug-likeness (QED) is 0.861. The van der Waals surface area contributed by atoms with Gasteiger partial charge in [-0.1, -0.05) is 12.8 Å². The second-order valence-electron chi connectivity index (χ2n) is 6.16. The van der Waals surface area contributed by atoms with E-state index in [9.17, 15) is 5.11 Å². The highest BCUT2D eigenvalue weighted by Crippen LogP contribution is 2.40. The summed E-state index contributed by atoms with van der Waals surface area (Å²) in [7, 11) is 0. The van der Waals surface area contributed by atoms with Gasteiger partial charge in [0, 0.05) is 31.3 Å². The summed E-state index contributed by atoms with van der Waals surface area (Å²) < 4.78 is 1.78. The van der Waals surface area contributed by atoms with Crippen LogP contribution >= 0.6 is 0 Å². The van der Waals surface area contributed by atoms with Gasteiger partial charge in [-0.15, -0.1) is 0 Å². The summed E-state index contributed by atoms with van der Waals surface area (Å²) in [6.45, 7) is 1.82. The molecule has 5 heteroatoms. The minimum absolute atomic E-state index is 0.396. The zero-order chi connectivity index (χ0) is 13.6. The Labute approximate surface area is 118 Å². The fourth-order valence-corrected chi connectivity index (χ4v) is 3.76. The van der Waals surface area contributed by atoms with Gasteiger partial charge in [0.1, 0.15) is 5.82 Å². The van der Waals surface area contributed by atoms with Crippen LogP contribution in [0.25, 0.3) is 5.65 Å². The molecule has 1 aliphatic heterocycles. The van der Waals surface area contributed by atoms with E-state index >= 15 is 0 Å².